The van der Waals surface area contributed by atoms with E-state index < -0.39 is 40.5 Å². The van der Waals surface area contributed by atoms with Gasteiger partial charge in [-0.15, -0.1) is 11.3 Å². The summed E-state index contributed by atoms with van der Waals surface area (Å²) in [6.45, 7) is 3.23. The first-order valence-corrected chi connectivity index (χ1v) is 12.8. The van der Waals surface area contributed by atoms with E-state index in [0.29, 0.717) is 11.1 Å². The Morgan fingerprint density at radius 1 is 1.03 bits per heavy atom. The fourth-order valence-electron chi connectivity index (χ4n) is 3.66. The molecule has 11 nitrogen and oxygen atoms in total. The molecule has 1 fully saturated rings. The third kappa shape index (κ3) is 7.25. The fraction of sp³-hybridized carbons (Fsp3) is 0.348. The van der Waals surface area contributed by atoms with Gasteiger partial charge in [0.1, 0.15) is 33.4 Å². The highest BCUT2D eigenvalue weighted by Crippen LogP contribution is 2.35. The fourth-order valence-corrected chi connectivity index (χ4v) is 4.68. The standard InChI is InChI=1S/C23H22ClF3N8O3S/c1-11(33-19(36)15-7-16(32-10-31-15)20(37)34-12-2-4-28-5-3-12)22-30-9-17(39-22)21(38)35-18-6-13(23(25,26)27)14(24)8-29-18/h6-12,28H,2-5H2,1H3,(H,33,36)(H,34,37)(H,29,35,38). The number of aromatic nitrogens is 4. The molecule has 0 aliphatic carbocycles. The number of piperidine rings is 1. The molecule has 1 aliphatic heterocycles. The number of alkyl halides is 3. The van der Waals surface area contributed by atoms with Crippen molar-refractivity contribution in [1.29, 1.82) is 0 Å². The first-order valence-electron chi connectivity index (χ1n) is 11.7. The first-order chi connectivity index (χ1) is 18.5. The van der Waals surface area contributed by atoms with Crippen LogP contribution in [-0.2, 0) is 6.18 Å². The number of anilines is 1. The van der Waals surface area contributed by atoms with Crippen molar-refractivity contribution in [2.24, 2.45) is 0 Å². The SMILES string of the molecule is CC(NC(=O)c1cc(C(=O)NC2CCNCC2)ncn1)c1ncc(C(=O)Nc2cc(C(F)(F)F)c(Cl)cn2)s1. The summed E-state index contributed by atoms with van der Waals surface area (Å²) in [7, 11) is 0. The van der Waals surface area contributed by atoms with Crippen LogP contribution in [0.2, 0.25) is 5.02 Å². The van der Waals surface area contributed by atoms with E-state index in [1.807, 2.05) is 0 Å². The van der Waals surface area contributed by atoms with Gasteiger partial charge in [0.25, 0.3) is 17.7 Å². The highest BCUT2D eigenvalue weighted by molar-refractivity contribution is 7.13. The molecule has 4 heterocycles. The molecule has 1 saturated heterocycles. The molecule has 3 amide bonds. The number of pyridine rings is 1. The summed E-state index contributed by atoms with van der Waals surface area (Å²) in [5, 5.41) is 10.8. The molecular formula is C23H22ClF3N8O3S. The first kappa shape index (κ1) is 28.3. The Balaban J connectivity index is 1.37. The quantitative estimate of drug-likeness (QED) is 0.331. The molecule has 4 rings (SSSR count). The summed E-state index contributed by atoms with van der Waals surface area (Å²) in [6, 6.07) is 1.28. The number of amides is 3. The second-order valence-corrected chi connectivity index (χ2v) is 10.0. The normalized spacial score (nSPS) is 14.9. The Hall–Kier alpha value is -3.69. The van der Waals surface area contributed by atoms with Gasteiger partial charge in [-0.1, -0.05) is 11.6 Å². The van der Waals surface area contributed by atoms with Crippen LogP contribution in [0.25, 0.3) is 0 Å². The van der Waals surface area contributed by atoms with E-state index in [2.05, 4.69) is 41.2 Å². The Labute approximate surface area is 229 Å². The molecule has 39 heavy (non-hydrogen) atoms. The van der Waals surface area contributed by atoms with Gasteiger partial charge < -0.3 is 21.3 Å². The zero-order chi connectivity index (χ0) is 28.2. The van der Waals surface area contributed by atoms with Crippen molar-refractivity contribution < 1.29 is 27.6 Å². The van der Waals surface area contributed by atoms with E-state index in [9.17, 15) is 27.6 Å². The van der Waals surface area contributed by atoms with E-state index in [4.69, 9.17) is 11.6 Å². The molecule has 0 spiro atoms. The van der Waals surface area contributed by atoms with Crippen LogP contribution in [-0.4, -0.2) is 56.8 Å². The van der Waals surface area contributed by atoms with Crippen LogP contribution in [0.3, 0.4) is 0 Å². The van der Waals surface area contributed by atoms with Crippen molar-refractivity contribution >= 4 is 46.5 Å². The second-order valence-electron chi connectivity index (χ2n) is 8.55. The molecule has 0 radical (unpaired) electrons. The number of nitrogens with one attached hydrogen (secondary N) is 4. The number of halogens is 4. The van der Waals surface area contributed by atoms with Gasteiger partial charge in [-0.05, 0) is 38.9 Å². The average molecular weight is 583 g/mol. The van der Waals surface area contributed by atoms with Crippen LogP contribution in [0.5, 0.6) is 0 Å². The van der Waals surface area contributed by atoms with Gasteiger partial charge in [0, 0.05) is 18.3 Å². The van der Waals surface area contributed by atoms with Gasteiger partial charge in [-0.25, -0.2) is 19.9 Å². The van der Waals surface area contributed by atoms with Crippen molar-refractivity contribution in [2.75, 3.05) is 18.4 Å². The topological polar surface area (TPSA) is 151 Å². The van der Waals surface area contributed by atoms with E-state index in [-0.39, 0.29) is 28.1 Å². The van der Waals surface area contributed by atoms with E-state index in [1.54, 1.807) is 6.92 Å². The molecule has 4 N–H and O–H groups in total. The predicted octanol–water partition coefficient (Wildman–Crippen LogP) is 3.23. The summed E-state index contributed by atoms with van der Waals surface area (Å²) in [4.78, 5) is 53.7. The Morgan fingerprint density at radius 3 is 2.41 bits per heavy atom. The maximum Gasteiger partial charge on any atom is 0.418 e. The van der Waals surface area contributed by atoms with Crippen LogP contribution < -0.4 is 21.3 Å². The Morgan fingerprint density at radius 2 is 1.72 bits per heavy atom. The monoisotopic (exact) mass is 582 g/mol. The molecule has 1 atom stereocenters. The minimum Gasteiger partial charge on any atom is -0.348 e. The van der Waals surface area contributed by atoms with Crippen molar-refractivity contribution in [3.8, 4) is 0 Å². The zero-order valence-electron chi connectivity index (χ0n) is 20.3. The van der Waals surface area contributed by atoms with Crippen LogP contribution in [0.4, 0.5) is 19.0 Å². The van der Waals surface area contributed by atoms with Gasteiger partial charge in [-0.2, -0.15) is 13.2 Å². The summed E-state index contributed by atoms with van der Waals surface area (Å²) >= 11 is 6.48. The third-order valence-electron chi connectivity index (χ3n) is 5.67. The van der Waals surface area contributed by atoms with Crippen LogP contribution >= 0.6 is 22.9 Å². The Kier molecular flexibility index (Phi) is 8.72. The minimum atomic E-state index is -4.72. The lowest BCUT2D eigenvalue weighted by Gasteiger charge is -2.23. The Bertz CT molecular complexity index is 1380. The maximum absolute atomic E-state index is 13.1. The van der Waals surface area contributed by atoms with Gasteiger partial charge in [-0.3, -0.25) is 14.4 Å². The van der Waals surface area contributed by atoms with Crippen molar-refractivity contribution in [2.45, 2.75) is 38.0 Å². The van der Waals surface area contributed by atoms with Crippen molar-refractivity contribution in [1.82, 2.24) is 35.9 Å². The van der Waals surface area contributed by atoms with Gasteiger partial charge in [0.05, 0.1) is 22.8 Å². The van der Waals surface area contributed by atoms with E-state index in [1.165, 1.54) is 12.3 Å². The molecule has 0 bridgehead atoms. The summed E-state index contributed by atoms with van der Waals surface area (Å²) in [5.41, 5.74) is -1.11. The number of nitrogens with zero attached hydrogens (tertiary/aromatic N) is 4. The maximum atomic E-state index is 13.1. The second kappa shape index (κ2) is 12.0. The van der Waals surface area contributed by atoms with Crippen molar-refractivity contribution in [3.63, 3.8) is 0 Å². The lowest BCUT2D eigenvalue weighted by molar-refractivity contribution is -0.137. The van der Waals surface area contributed by atoms with E-state index >= 15 is 0 Å². The molecule has 0 saturated carbocycles. The number of hydrogen-bond donors (Lipinski definition) is 4. The lowest BCUT2D eigenvalue weighted by Crippen LogP contribution is -2.43. The molecular weight excluding hydrogens is 561 g/mol. The summed E-state index contributed by atoms with van der Waals surface area (Å²) in [5.74, 6) is -2.07. The predicted molar refractivity (Wildman–Crippen MR) is 136 cm³/mol. The summed E-state index contributed by atoms with van der Waals surface area (Å²) in [6.07, 6.45) is 0.0162. The molecule has 1 unspecified atom stereocenters. The largest absolute Gasteiger partial charge is 0.418 e. The van der Waals surface area contributed by atoms with Gasteiger partial charge in [0.2, 0.25) is 0 Å². The number of carbonyl (C=O) groups excluding carboxylic acids is 3. The molecule has 3 aromatic rings. The molecule has 3 aromatic heterocycles. The lowest BCUT2D eigenvalue weighted by atomic mass is 10.1. The smallest absolute Gasteiger partial charge is 0.348 e. The highest BCUT2D eigenvalue weighted by atomic mass is 35.5. The molecule has 1 aliphatic rings. The third-order valence-corrected chi connectivity index (χ3v) is 7.15. The molecule has 0 aromatic carbocycles. The van der Waals surface area contributed by atoms with Gasteiger partial charge >= 0.3 is 6.18 Å². The number of carbonyl (C=O) groups is 3. The number of rotatable bonds is 7. The van der Waals surface area contributed by atoms with E-state index in [0.717, 1.165) is 49.8 Å². The minimum absolute atomic E-state index is 0.0180. The zero-order valence-corrected chi connectivity index (χ0v) is 21.9. The summed E-state index contributed by atoms with van der Waals surface area (Å²) < 4.78 is 39.2. The number of thiazole rings is 1. The van der Waals surface area contributed by atoms with Crippen LogP contribution in [0.1, 0.15) is 67.0 Å². The van der Waals surface area contributed by atoms with Crippen molar-refractivity contribution in [3.05, 3.63) is 62.7 Å². The molecule has 16 heteroatoms. The van der Waals surface area contributed by atoms with Crippen LogP contribution in [0.15, 0.2) is 30.9 Å². The average Bonchev–Trinajstić information content (AvgIpc) is 3.41. The van der Waals surface area contributed by atoms with Crippen LogP contribution in [0, 0.1) is 0 Å². The molecule has 206 valence electrons. The number of hydrogen-bond acceptors (Lipinski definition) is 9. The highest BCUT2D eigenvalue weighted by Gasteiger charge is 2.34. The van der Waals surface area contributed by atoms with Gasteiger partial charge in [0.15, 0.2) is 0 Å².